The van der Waals surface area contributed by atoms with Crippen molar-refractivity contribution in [3.63, 3.8) is 0 Å². The fourth-order valence-electron chi connectivity index (χ4n) is 3.13. The monoisotopic (exact) mass is 398 g/mol. The van der Waals surface area contributed by atoms with Gasteiger partial charge in [0.2, 0.25) is 0 Å². The second-order valence-corrected chi connectivity index (χ2v) is 7.86. The van der Waals surface area contributed by atoms with Crippen LogP contribution in [0.4, 0.5) is 10.1 Å². The highest BCUT2D eigenvalue weighted by Gasteiger charge is 2.14. The Bertz CT molecular complexity index is 917. The number of carbonyl (C=O) groups is 1. The van der Waals surface area contributed by atoms with E-state index in [-0.39, 0.29) is 29.6 Å². The third kappa shape index (κ3) is 5.83. The van der Waals surface area contributed by atoms with E-state index in [2.05, 4.69) is 10.6 Å². The molecule has 4 nitrogen and oxygen atoms in total. The maximum absolute atomic E-state index is 14.8. The number of methoxy groups -OCH3 is 1. The van der Waals surface area contributed by atoms with Gasteiger partial charge in [-0.2, -0.15) is 0 Å². The average Bonchev–Trinajstić information content (AvgIpc) is 2.61. The van der Waals surface area contributed by atoms with Crippen molar-refractivity contribution in [1.82, 2.24) is 5.32 Å². The van der Waals surface area contributed by atoms with Crippen LogP contribution < -0.4 is 10.6 Å². The first-order chi connectivity index (χ1) is 13.6. The Kier molecular flexibility index (Phi) is 7.43. The zero-order chi connectivity index (χ0) is 21.7. The lowest BCUT2D eigenvalue weighted by molar-refractivity contribution is -0.120. The van der Waals surface area contributed by atoms with E-state index in [0.717, 1.165) is 27.9 Å². The molecule has 0 radical (unpaired) electrons. The zero-order valence-corrected chi connectivity index (χ0v) is 18.3. The molecule has 0 spiro atoms. The molecule has 0 saturated heterocycles. The van der Waals surface area contributed by atoms with Crippen molar-refractivity contribution in [1.29, 1.82) is 0 Å². The SMILES string of the molecule is CO/C(=C\c1cc(C)c(-c2ccc(NC(C)C)cc2F)cc1C)C(=O)NC(C)C. The van der Waals surface area contributed by atoms with Gasteiger partial charge < -0.3 is 15.4 Å². The topological polar surface area (TPSA) is 50.4 Å². The van der Waals surface area contributed by atoms with Crippen LogP contribution in [0.2, 0.25) is 0 Å². The summed E-state index contributed by atoms with van der Waals surface area (Å²) in [5.74, 6) is -0.289. The standard InChI is InChI=1S/C24H31FN2O2/c1-14(2)26-19-8-9-20(22(25)13-19)21-11-16(5)18(10-17(21)6)12-23(29-7)24(28)27-15(3)4/h8-15,26H,1-7H3,(H,27,28)/b23-12-. The molecule has 0 aliphatic rings. The summed E-state index contributed by atoms with van der Waals surface area (Å²) in [4.78, 5) is 12.3. The lowest BCUT2D eigenvalue weighted by atomic mass is 9.94. The molecule has 2 aromatic carbocycles. The van der Waals surface area contributed by atoms with E-state index in [9.17, 15) is 9.18 Å². The molecule has 5 heteroatoms. The predicted octanol–water partition coefficient (Wildman–Crippen LogP) is 5.44. The summed E-state index contributed by atoms with van der Waals surface area (Å²) in [6.45, 7) is 11.7. The number of aryl methyl sites for hydroxylation is 2. The molecule has 0 bridgehead atoms. The van der Waals surface area contributed by atoms with Crippen molar-refractivity contribution >= 4 is 17.7 Å². The first-order valence-electron chi connectivity index (χ1n) is 9.86. The first-order valence-corrected chi connectivity index (χ1v) is 9.86. The lowest BCUT2D eigenvalue weighted by Gasteiger charge is -2.15. The minimum atomic E-state index is -0.268. The molecule has 0 heterocycles. The molecule has 2 rings (SSSR count). The highest BCUT2D eigenvalue weighted by Crippen LogP contribution is 2.31. The Balaban J connectivity index is 2.41. The van der Waals surface area contributed by atoms with Gasteiger partial charge in [-0.3, -0.25) is 4.79 Å². The summed E-state index contributed by atoms with van der Waals surface area (Å²) in [6.07, 6.45) is 1.72. The van der Waals surface area contributed by atoms with Crippen LogP contribution >= 0.6 is 0 Å². The van der Waals surface area contributed by atoms with Crippen molar-refractivity contribution < 1.29 is 13.9 Å². The van der Waals surface area contributed by atoms with Gasteiger partial charge in [-0.25, -0.2) is 4.39 Å². The van der Waals surface area contributed by atoms with Gasteiger partial charge >= 0.3 is 0 Å². The number of benzene rings is 2. The van der Waals surface area contributed by atoms with E-state index in [1.807, 2.05) is 59.7 Å². The third-order valence-corrected chi connectivity index (χ3v) is 4.48. The van der Waals surface area contributed by atoms with E-state index >= 15 is 0 Å². The lowest BCUT2D eigenvalue weighted by Crippen LogP contribution is -2.31. The smallest absolute Gasteiger partial charge is 0.286 e. The van der Waals surface area contributed by atoms with Crippen LogP contribution in [-0.2, 0) is 9.53 Å². The average molecular weight is 399 g/mol. The summed E-state index contributed by atoms with van der Waals surface area (Å²) in [5.41, 5.74) is 4.86. The minimum absolute atomic E-state index is 0.0161. The van der Waals surface area contributed by atoms with Crippen molar-refractivity contribution in [2.24, 2.45) is 0 Å². The normalized spacial score (nSPS) is 11.7. The van der Waals surface area contributed by atoms with Gasteiger partial charge in [0.05, 0.1) is 7.11 Å². The van der Waals surface area contributed by atoms with Gasteiger partial charge in [-0.1, -0.05) is 12.1 Å². The van der Waals surface area contributed by atoms with Crippen LogP contribution in [0.5, 0.6) is 0 Å². The highest BCUT2D eigenvalue weighted by atomic mass is 19.1. The van der Waals surface area contributed by atoms with Gasteiger partial charge in [0.25, 0.3) is 5.91 Å². The van der Waals surface area contributed by atoms with Crippen LogP contribution in [0.3, 0.4) is 0 Å². The van der Waals surface area contributed by atoms with Gasteiger partial charge in [-0.05, 0) is 88.1 Å². The minimum Gasteiger partial charge on any atom is -0.491 e. The Labute approximate surface area is 173 Å². The third-order valence-electron chi connectivity index (χ3n) is 4.48. The molecule has 0 unspecified atom stereocenters. The number of hydrogen-bond donors (Lipinski definition) is 2. The largest absolute Gasteiger partial charge is 0.491 e. The molecule has 0 atom stereocenters. The number of hydrogen-bond acceptors (Lipinski definition) is 3. The molecule has 0 aromatic heterocycles. The molecule has 0 aliphatic carbocycles. The Morgan fingerprint density at radius 3 is 2.24 bits per heavy atom. The molecule has 0 saturated carbocycles. The van der Waals surface area contributed by atoms with E-state index in [1.54, 1.807) is 12.1 Å². The molecule has 1 amide bonds. The summed E-state index contributed by atoms with van der Waals surface area (Å²) in [6, 6.07) is 9.36. The van der Waals surface area contributed by atoms with Crippen molar-refractivity contribution in [2.45, 2.75) is 53.6 Å². The van der Waals surface area contributed by atoms with Gasteiger partial charge in [0.15, 0.2) is 5.76 Å². The predicted molar refractivity (Wildman–Crippen MR) is 118 cm³/mol. The number of amides is 1. The Hall–Kier alpha value is -2.82. The van der Waals surface area contributed by atoms with Gasteiger partial charge in [-0.15, -0.1) is 0 Å². The molecular weight excluding hydrogens is 367 g/mol. The fraction of sp³-hybridized carbons (Fsp3) is 0.375. The van der Waals surface area contributed by atoms with E-state index in [0.29, 0.717) is 5.56 Å². The molecule has 156 valence electrons. The second kappa shape index (κ2) is 9.59. The zero-order valence-electron chi connectivity index (χ0n) is 18.3. The van der Waals surface area contributed by atoms with Crippen molar-refractivity contribution in [3.05, 3.63) is 58.6 Å². The first kappa shape index (κ1) is 22.5. The molecule has 2 N–H and O–H groups in total. The maximum atomic E-state index is 14.8. The quantitative estimate of drug-likeness (QED) is 0.482. The second-order valence-electron chi connectivity index (χ2n) is 7.86. The van der Waals surface area contributed by atoms with Crippen LogP contribution in [0.25, 0.3) is 17.2 Å². The number of ether oxygens (including phenoxy) is 1. The molecule has 0 aliphatic heterocycles. The molecular formula is C24H31FN2O2. The maximum Gasteiger partial charge on any atom is 0.286 e. The van der Waals surface area contributed by atoms with Crippen LogP contribution in [0.1, 0.15) is 44.4 Å². The summed E-state index contributed by atoms with van der Waals surface area (Å²) in [7, 11) is 1.48. The van der Waals surface area contributed by atoms with Gasteiger partial charge in [0, 0.05) is 23.3 Å². The molecule has 2 aromatic rings. The summed E-state index contributed by atoms with van der Waals surface area (Å²) < 4.78 is 20.0. The number of anilines is 1. The number of carbonyl (C=O) groups excluding carboxylic acids is 1. The number of nitrogens with one attached hydrogen (secondary N) is 2. The van der Waals surface area contributed by atoms with Crippen LogP contribution in [0.15, 0.2) is 36.1 Å². The van der Waals surface area contributed by atoms with Crippen LogP contribution in [0, 0.1) is 19.7 Å². The summed E-state index contributed by atoms with van der Waals surface area (Å²) >= 11 is 0. The Morgan fingerprint density at radius 1 is 1.00 bits per heavy atom. The highest BCUT2D eigenvalue weighted by molar-refractivity contribution is 5.96. The van der Waals surface area contributed by atoms with Crippen molar-refractivity contribution in [2.75, 3.05) is 12.4 Å². The molecule has 29 heavy (non-hydrogen) atoms. The van der Waals surface area contributed by atoms with Gasteiger partial charge in [0.1, 0.15) is 5.82 Å². The van der Waals surface area contributed by atoms with E-state index in [1.165, 1.54) is 13.2 Å². The number of rotatable bonds is 7. The Morgan fingerprint density at radius 2 is 1.69 bits per heavy atom. The number of halogens is 1. The van der Waals surface area contributed by atoms with Crippen molar-refractivity contribution in [3.8, 4) is 11.1 Å². The molecule has 0 fully saturated rings. The fourth-order valence-corrected chi connectivity index (χ4v) is 3.13. The van der Waals surface area contributed by atoms with Crippen LogP contribution in [-0.4, -0.2) is 25.1 Å². The van der Waals surface area contributed by atoms with E-state index < -0.39 is 0 Å². The summed E-state index contributed by atoms with van der Waals surface area (Å²) in [5, 5.41) is 6.04. The van der Waals surface area contributed by atoms with E-state index in [4.69, 9.17) is 4.74 Å².